The van der Waals surface area contributed by atoms with Crippen LogP contribution in [0.3, 0.4) is 0 Å². The SMILES string of the molecule is CCc1noc(CCNC(=O)Nc2cc3[nH]c(=O)[nH]c3cc2OC)n1. The van der Waals surface area contributed by atoms with Crippen LogP contribution in [0.5, 0.6) is 5.75 Å². The second kappa shape index (κ2) is 7.07. The molecule has 2 heterocycles. The smallest absolute Gasteiger partial charge is 0.323 e. The number of H-pyrrole nitrogens is 2. The summed E-state index contributed by atoms with van der Waals surface area (Å²) in [4.78, 5) is 32.8. The maximum Gasteiger partial charge on any atom is 0.323 e. The molecular weight excluding hydrogens is 328 g/mol. The first kappa shape index (κ1) is 16.6. The summed E-state index contributed by atoms with van der Waals surface area (Å²) in [7, 11) is 1.48. The number of hydrogen-bond donors (Lipinski definition) is 4. The maximum absolute atomic E-state index is 12.0. The van der Waals surface area contributed by atoms with Gasteiger partial charge in [-0.2, -0.15) is 4.98 Å². The quantitative estimate of drug-likeness (QED) is 0.529. The number of hydrogen-bond acceptors (Lipinski definition) is 6. The van der Waals surface area contributed by atoms with Crippen LogP contribution in [0, 0.1) is 0 Å². The Balaban J connectivity index is 1.61. The normalized spacial score (nSPS) is 10.8. The number of imidazole rings is 1. The van der Waals surface area contributed by atoms with E-state index in [1.54, 1.807) is 12.1 Å². The highest BCUT2D eigenvalue weighted by molar-refractivity contribution is 5.94. The molecule has 0 saturated carbocycles. The zero-order valence-corrected chi connectivity index (χ0v) is 13.8. The Bertz CT molecular complexity index is 941. The van der Waals surface area contributed by atoms with Crippen LogP contribution in [-0.2, 0) is 12.8 Å². The molecule has 3 aromatic rings. The van der Waals surface area contributed by atoms with E-state index in [1.165, 1.54) is 7.11 Å². The molecule has 0 aliphatic heterocycles. The summed E-state index contributed by atoms with van der Waals surface area (Å²) in [6, 6.07) is 2.84. The number of ether oxygens (including phenoxy) is 1. The number of aryl methyl sites for hydroxylation is 1. The fraction of sp³-hybridized carbons (Fsp3) is 0.333. The summed E-state index contributed by atoms with van der Waals surface area (Å²) < 4.78 is 10.3. The molecule has 0 saturated heterocycles. The number of carbonyl (C=O) groups is 1. The monoisotopic (exact) mass is 346 g/mol. The number of amides is 2. The summed E-state index contributed by atoms with van der Waals surface area (Å²) in [6.07, 6.45) is 1.13. The van der Waals surface area contributed by atoms with Gasteiger partial charge in [0, 0.05) is 25.5 Å². The molecule has 0 spiro atoms. The predicted octanol–water partition coefficient (Wildman–Crippen LogP) is 1.17. The first-order valence-electron chi connectivity index (χ1n) is 7.75. The first-order valence-corrected chi connectivity index (χ1v) is 7.75. The van der Waals surface area contributed by atoms with Gasteiger partial charge in [-0.25, -0.2) is 9.59 Å². The van der Waals surface area contributed by atoms with Gasteiger partial charge in [0.2, 0.25) is 5.89 Å². The van der Waals surface area contributed by atoms with Crippen LogP contribution >= 0.6 is 0 Å². The number of nitrogens with zero attached hydrogens (tertiary/aromatic N) is 2. The van der Waals surface area contributed by atoms with E-state index in [2.05, 4.69) is 30.7 Å². The van der Waals surface area contributed by atoms with Gasteiger partial charge in [0.05, 0.1) is 23.8 Å². The first-order chi connectivity index (χ1) is 12.1. The van der Waals surface area contributed by atoms with Crippen LogP contribution in [-0.4, -0.2) is 39.8 Å². The molecule has 132 valence electrons. The van der Waals surface area contributed by atoms with Crippen molar-refractivity contribution in [2.24, 2.45) is 0 Å². The van der Waals surface area contributed by atoms with Crippen LogP contribution in [0.2, 0.25) is 0 Å². The highest BCUT2D eigenvalue weighted by Gasteiger charge is 2.11. The number of methoxy groups -OCH3 is 1. The predicted molar refractivity (Wildman–Crippen MR) is 89.9 cm³/mol. The molecule has 2 aromatic heterocycles. The molecule has 0 unspecified atom stereocenters. The molecule has 0 atom stereocenters. The van der Waals surface area contributed by atoms with Gasteiger partial charge in [0.25, 0.3) is 0 Å². The van der Waals surface area contributed by atoms with E-state index in [0.29, 0.717) is 53.6 Å². The highest BCUT2D eigenvalue weighted by Crippen LogP contribution is 2.28. The van der Waals surface area contributed by atoms with E-state index >= 15 is 0 Å². The summed E-state index contributed by atoms with van der Waals surface area (Å²) >= 11 is 0. The molecule has 0 bridgehead atoms. The minimum Gasteiger partial charge on any atom is -0.494 e. The van der Waals surface area contributed by atoms with Crippen molar-refractivity contribution >= 4 is 22.8 Å². The van der Waals surface area contributed by atoms with E-state index in [1.807, 2.05) is 6.92 Å². The van der Waals surface area contributed by atoms with E-state index in [4.69, 9.17) is 9.26 Å². The molecule has 2 amide bonds. The fourth-order valence-corrected chi connectivity index (χ4v) is 2.31. The van der Waals surface area contributed by atoms with Gasteiger partial charge in [-0.1, -0.05) is 12.1 Å². The number of aromatic nitrogens is 4. The Morgan fingerprint density at radius 3 is 2.76 bits per heavy atom. The van der Waals surface area contributed by atoms with Crippen molar-refractivity contribution in [3.63, 3.8) is 0 Å². The average Bonchev–Trinajstić information content (AvgIpc) is 3.19. The van der Waals surface area contributed by atoms with Gasteiger partial charge >= 0.3 is 11.7 Å². The van der Waals surface area contributed by atoms with Gasteiger partial charge in [0.1, 0.15) is 5.75 Å². The summed E-state index contributed by atoms with van der Waals surface area (Å²) in [5, 5.41) is 9.18. The third-order valence-corrected chi connectivity index (χ3v) is 3.54. The number of carbonyl (C=O) groups excluding carboxylic acids is 1. The van der Waals surface area contributed by atoms with Crippen molar-refractivity contribution in [3.05, 3.63) is 34.3 Å². The lowest BCUT2D eigenvalue weighted by atomic mass is 10.2. The number of nitrogens with one attached hydrogen (secondary N) is 4. The topological polar surface area (TPSA) is 138 Å². The Kier molecular flexibility index (Phi) is 4.68. The Morgan fingerprint density at radius 1 is 1.32 bits per heavy atom. The van der Waals surface area contributed by atoms with E-state index in [-0.39, 0.29) is 5.69 Å². The molecule has 4 N–H and O–H groups in total. The minimum absolute atomic E-state index is 0.329. The number of anilines is 1. The summed E-state index contributed by atoms with van der Waals surface area (Å²) in [5.74, 6) is 1.54. The van der Waals surface area contributed by atoms with Crippen molar-refractivity contribution in [3.8, 4) is 5.75 Å². The third kappa shape index (κ3) is 3.79. The van der Waals surface area contributed by atoms with Crippen molar-refractivity contribution in [1.82, 2.24) is 25.4 Å². The zero-order valence-electron chi connectivity index (χ0n) is 13.8. The second-order valence-electron chi connectivity index (χ2n) is 5.27. The standard InChI is InChI=1S/C15H18N6O4/c1-3-12-20-13(25-21-12)4-5-16-14(22)19-10-6-8-9(7-11(10)24-2)18-15(23)17-8/h6-7H,3-5H2,1-2H3,(H2,16,19,22)(H2,17,18,23). The lowest BCUT2D eigenvalue weighted by Crippen LogP contribution is -2.30. The molecule has 0 aliphatic rings. The average molecular weight is 346 g/mol. The molecule has 0 aliphatic carbocycles. The molecule has 10 heteroatoms. The molecule has 10 nitrogen and oxygen atoms in total. The van der Waals surface area contributed by atoms with Crippen LogP contribution in [0.25, 0.3) is 11.0 Å². The summed E-state index contributed by atoms with van der Waals surface area (Å²) in [6.45, 7) is 2.27. The number of rotatable bonds is 6. The molecule has 1 aromatic carbocycles. The Labute approximate surface area is 142 Å². The lowest BCUT2D eigenvalue weighted by Gasteiger charge is -2.11. The zero-order chi connectivity index (χ0) is 17.8. The number of aromatic amines is 2. The van der Waals surface area contributed by atoms with Gasteiger partial charge in [0.15, 0.2) is 5.82 Å². The van der Waals surface area contributed by atoms with Crippen molar-refractivity contribution < 1.29 is 14.1 Å². The van der Waals surface area contributed by atoms with Crippen molar-refractivity contribution in [2.75, 3.05) is 19.0 Å². The third-order valence-electron chi connectivity index (χ3n) is 3.54. The number of benzene rings is 1. The number of urea groups is 1. The largest absolute Gasteiger partial charge is 0.494 e. The summed E-state index contributed by atoms with van der Waals surface area (Å²) in [5.41, 5.74) is 1.27. The Hall–Kier alpha value is -3.30. The van der Waals surface area contributed by atoms with Gasteiger partial charge in [-0.15, -0.1) is 0 Å². The van der Waals surface area contributed by atoms with E-state index < -0.39 is 6.03 Å². The van der Waals surface area contributed by atoms with Crippen LogP contribution in [0.4, 0.5) is 10.5 Å². The Morgan fingerprint density at radius 2 is 2.08 bits per heavy atom. The van der Waals surface area contributed by atoms with Crippen LogP contribution in [0.15, 0.2) is 21.5 Å². The van der Waals surface area contributed by atoms with Crippen LogP contribution < -0.4 is 21.1 Å². The van der Waals surface area contributed by atoms with Crippen LogP contribution in [0.1, 0.15) is 18.6 Å². The lowest BCUT2D eigenvalue weighted by molar-refractivity contribution is 0.251. The molecule has 25 heavy (non-hydrogen) atoms. The highest BCUT2D eigenvalue weighted by atomic mass is 16.5. The molecular formula is C15H18N6O4. The molecule has 0 radical (unpaired) electrons. The number of fused-ring (bicyclic) bond motifs is 1. The van der Waals surface area contributed by atoms with E-state index in [9.17, 15) is 9.59 Å². The fourth-order valence-electron chi connectivity index (χ4n) is 2.31. The van der Waals surface area contributed by atoms with Crippen molar-refractivity contribution in [2.45, 2.75) is 19.8 Å². The van der Waals surface area contributed by atoms with Gasteiger partial charge in [-0.05, 0) is 6.07 Å². The van der Waals surface area contributed by atoms with Crippen molar-refractivity contribution in [1.29, 1.82) is 0 Å². The molecule has 0 fully saturated rings. The maximum atomic E-state index is 12.0. The molecule has 3 rings (SSSR count). The van der Waals surface area contributed by atoms with Gasteiger partial charge in [-0.3, -0.25) is 0 Å². The van der Waals surface area contributed by atoms with E-state index in [0.717, 1.165) is 0 Å². The van der Waals surface area contributed by atoms with Gasteiger partial charge < -0.3 is 29.9 Å². The minimum atomic E-state index is -0.411. The second-order valence-corrected chi connectivity index (χ2v) is 5.27.